The Morgan fingerprint density at radius 2 is 1.77 bits per heavy atom. The van der Waals surface area contributed by atoms with Crippen LogP contribution in [-0.4, -0.2) is 34.9 Å². The highest BCUT2D eigenvalue weighted by atomic mass is 35.5. The van der Waals surface area contributed by atoms with Gasteiger partial charge < -0.3 is 9.88 Å². The van der Waals surface area contributed by atoms with Crippen LogP contribution in [0.4, 0.5) is 11.5 Å². The van der Waals surface area contributed by atoms with Gasteiger partial charge in [-0.2, -0.15) is 0 Å². The molecule has 0 bridgehead atoms. The molecule has 1 fully saturated rings. The maximum absolute atomic E-state index is 12.4. The highest BCUT2D eigenvalue weighted by Gasteiger charge is 2.35. The monoisotopic (exact) mass is 320 g/mol. The molecule has 0 atom stereocenters. The fourth-order valence-corrected chi connectivity index (χ4v) is 2.51. The molecule has 3 rings (SSSR count). The first-order chi connectivity index (χ1) is 10.1. The first-order valence-electron chi connectivity index (χ1n) is 6.78. The first kappa shape index (κ1) is 16.0. The Morgan fingerprint density at radius 1 is 1.09 bits per heavy atom. The Labute approximate surface area is 134 Å². The molecule has 116 valence electrons. The predicted octanol–water partition coefficient (Wildman–Crippen LogP) is 1.83. The van der Waals surface area contributed by atoms with Gasteiger partial charge in [-0.05, 0) is 31.0 Å². The van der Waals surface area contributed by atoms with Crippen molar-refractivity contribution < 1.29 is 9.59 Å². The van der Waals surface area contributed by atoms with Gasteiger partial charge in [0.05, 0.1) is 6.33 Å². The maximum atomic E-state index is 12.4. The molecule has 0 unspecified atom stereocenters. The van der Waals surface area contributed by atoms with Crippen molar-refractivity contribution in [1.82, 2.24) is 9.97 Å². The molecule has 1 saturated heterocycles. The number of nitrogens with zero attached hydrogens (tertiary/aromatic N) is 3. The number of aryl methyl sites for hydroxylation is 1. The zero-order chi connectivity index (χ0) is 15.0. The van der Waals surface area contributed by atoms with Crippen LogP contribution in [0.2, 0.25) is 0 Å². The van der Waals surface area contributed by atoms with Crippen LogP contribution in [0.15, 0.2) is 30.7 Å². The maximum Gasteiger partial charge on any atom is 0.318 e. The lowest BCUT2D eigenvalue weighted by Gasteiger charge is -2.33. The highest BCUT2D eigenvalue weighted by molar-refractivity contribution is 6.45. The van der Waals surface area contributed by atoms with E-state index in [1.54, 1.807) is 11.1 Å². The average molecular weight is 321 g/mol. The number of benzene rings is 1. The van der Waals surface area contributed by atoms with E-state index < -0.39 is 11.8 Å². The first-order valence-corrected chi connectivity index (χ1v) is 6.78. The zero-order valence-corrected chi connectivity index (χ0v) is 13.2. The summed E-state index contributed by atoms with van der Waals surface area (Å²) in [5.41, 5.74) is 2.92. The summed E-state index contributed by atoms with van der Waals surface area (Å²) in [4.78, 5) is 34.5. The van der Waals surface area contributed by atoms with Crippen LogP contribution < -0.4 is 9.80 Å². The number of imidazole rings is 1. The molecule has 1 N–H and O–H groups in total. The molecule has 2 heterocycles. The van der Waals surface area contributed by atoms with E-state index in [2.05, 4.69) is 9.97 Å². The Balaban J connectivity index is 0.00000176. The molecule has 0 spiro atoms. The molecule has 0 saturated carbocycles. The number of aromatic amines is 1. The van der Waals surface area contributed by atoms with Crippen LogP contribution in [-0.2, 0) is 9.59 Å². The summed E-state index contributed by atoms with van der Waals surface area (Å²) in [6, 6.07) is 5.76. The van der Waals surface area contributed by atoms with E-state index in [9.17, 15) is 9.59 Å². The second-order valence-electron chi connectivity index (χ2n) is 5.06. The van der Waals surface area contributed by atoms with Crippen LogP contribution in [0, 0.1) is 13.8 Å². The van der Waals surface area contributed by atoms with Crippen molar-refractivity contribution in [3.8, 4) is 0 Å². The molecule has 2 aromatic rings. The molecular weight excluding hydrogens is 304 g/mol. The second kappa shape index (κ2) is 6.19. The van der Waals surface area contributed by atoms with Crippen molar-refractivity contribution in [2.75, 3.05) is 22.9 Å². The van der Waals surface area contributed by atoms with E-state index >= 15 is 0 Å². The third-order valence-corrected chi connectivity index (χ3v) is 3.85. The number of hydrogen-bond acceptors (Lipinski definition) is 3. The van der Waals surface area contributed by atoms with Gasteiger partial charge in [-0.25, -0.2) is 4.98 Å². The number of hydrogen-bond donors (Lipinski definition) is 1. The summed E-state index contributed by atoms with van der Waals surface area (Å²) < 4.78 is 0. The van der Waals surface area contributed by atoms with Crippen LogP contribution in [0.3, 0.4) is 0 Å². The van der Waals surface area contributed by atoms with Crippen LogP contribution in [0.5, 0.6) is 0 Å². The molecule has 1 aromatic carbocycles. The van der Waals surface area contributed by atoms with Crippen LogP contribution in [0.1, 0.15) is 11.1 Å². The van der Waals surface area contributed by atoms with Crippen LogP contribution >= 0.6 is 12.4 Å². The van der Waals surface area contributed by atoms with Crippen molar-refractivity contribution in [3.05, 3.63) is 41.9 Å². The van der Waals surface area contributed by atoms with Gasteiger partial charge in [0.2, 0.25) is 0 Å². The molecule has 6 nitrogen and oxygen atoms in total. The standard InChI is InChI=1S/C15H16N4O2.ClH/c1-10-4-3-5-12(11(10)2)18-6-7-19(15(21)14(18)20)13-8-16-9-17-13;/h3-5,8-9H,6-7H2,1-2H3,(H,16,17);1H. The Hall–Kier alpha value is -2.34. The fraction of sp³-hybridized carbons (Fsp3) is 0.267. The summed E-state index contributed by atoms with van der Waals surface area (Å²) in [7, 11) is 0. The van der Waals surface area contributed by atoms with E-state index in [0.29, 0.717) is 18.9 Å². The lowest BCUT2D eigenvalue weighted by Crippen LogP contribution is -2.55. The smallest absolute Gasteiger partial charge is 0.318 e. The highest BCUT2D eigenvalue weighted by Crippen LogP contribution is 2.25. The number of halogens is 1. The minimum Gasteiger partial charge on any atom is -0.349 e. The SMILES string of the molecule is Cc1cccc(N2CCN(c3c[nH]cn3)C(=O)C2=O)c1C.Cl. The van der Waals surface area contributed by atoms with Crippen LogP contribution in [0.25, 0.3) is 0 Å². The number of H-pyrrole nitrogens is 1. The number of aromatic nitrogens is 2. The van der Waals surface area contributed by atoms with Gasteiger partial charge in [0, 0.05) is 25.0 Å². The summed E-state index contributed by atoms with van der Waals surface area (Å²) >= 11 is 0. The van der Waals surface area contributed by atoms with Gasteiger partial charge in [0.15, 0.2) is 5.82 Å². The summed E-state index contributed by atoms with van der Waals surface area (Å²) in [6.45, 7) is 4.85. The molecule has 0 aliphatic carbocycles. The lowest BCUT2D eigenvalue weighted by molar-refractivity contribution is -0.136. The quantitative estimate of drug-likeness (QED) is 0.858. The van der Waals surface area contributed by atoms with Crippen molar-refractivity contribution in [2.45, 2.75) is 13.8 Å². The van der Waals surface area contributed by atoms with Gasteiger partial charge in [0.1, 0.15) is 0 Å². The molecule has 2 amide bonds. The Morgan fingerprint density at radius 3 is 2.45 bits per heavy atom. The Bertz CT molecular complexity index is 700. The molecular formula is C15H17ClN4O2. The largest absolute Gasteiger partial charge is 0.349 e. The molecule has 1 aliphatic heterocycles. The fourth-order valence-electron chi connectivity index (χ4n) is 2.51. The molecule has 1 aliphatic rings. The predicted molar refractivity (Wildman–Crippen MR) is 86.5 cm³/mol. The number of carbonyl (C=O) groups is 2. The summed E-state index contributed by atoms with van der Waals surface area (Å²) in [6.07, 6.45) is 3.10. The topological polar surface area (TPSA) is 69.3 Å². The minimum atomic E-state index is -0.547. The lowest BCUT2D eigenvalue weighted by atomic mass is 10.1. The number of nitrogens with one attached hydrogen (secondary N) is 1. The van der Waals surface area contributed by atoms with Gasteiger partial charge >= 0.3 is 11.8 Å². The molecule has 7 heteroatoms. The van der Waals surface area contributed by atoms with Gasteiger partial charge in [-0.15, -0.1) is 12.4 Å². The van der Waals surface area contributed by atoms with E-state index in [-0.39, 0.29) is 12.4 Å². The Kier molecular flexibility index (Phi) is 4.51. The summed E-state index contributed by atoms with van der Waals surface area (Å²) in [5.74, 6) is -0.582. The van der Waals surface area contributed by atoms with Crippen molar-refractivity contribution in [1.29, 1.82) is 0 Å². The van der Waals surface area contributed by atoms with Gasteiger partial charge in [-0.3, -0.25) is 14.5 Å². The van der Waals surface area contributed by atoms with Crippen molar-refractivity contribution >= 4 is 35.7 Å². The number of piperazine rings is 1. The zero-order valence-electron chi connectivity index (χ0n) is 12.4. The van der Waals surface area contributed by atoms with Gasteiger partial charge in [-0.1, -0.05) is 12.1 Å². The van der Waals surface area contributed by atoms with E-state index in [1.807, 2.05) is 32.0 Å². The van der Waals surface area contributed by atoms with E-state index in [4.69, 9.17) is 0 Å². The van der Waals surface area contributed by atoms with Crippen molar-refractivity contribution in [3.63, 3.8) is 0 Å². The number of amides is 2. The minimum absolute atomic E-state index is 0. The van der Waals surface area contributed by atoms with E-state index in [1.165, 1.54) is 11.2 Å². The van der Waals surface area contributed by atoms with E-state index in [0.717, 1.165) is 16.8 Å². The van der Waals surface area contributed by atoms with Gasteiger partial charge in [0.25, 0.3) is 0 Å². The molecule has 22 heavy (non-hydrogen) atoms. The second-order valence-corrected chi connectivity index (χ2v) is 5.06. The molecule has 1 aromatic heterocycles. The number of carbonyl (C=O) groups excluding carboxylic acids is 2. The third-order valence-electron chi connectivity index (χ3n) is 3.85. The average Bonchev–Trinajstić information content (AvgIpc) is 2.99. The summed E-state index contributed by atoms with van der Waals surface area (Å²) in [5, 5.41) is 0. The number of anilines is 2. The number of rotatable bonds is 2. The third kappa shape index (κ3) is 2.57. The van der Waals surface area contributed by atoms with Crippen molar-refractivity contribution in [2.24, 2.45) is 0 Å². The molecule has 0 radical (unpaired) electrons. The normalized spacial score (nSPS) is 15.0.